The quantitative estimate of drug-likeness (QED) is 0.779. The second kappa shape index (κ2) is 7.36. The third-order valence-electron chi connectivity index (χ3n) is 3.41. The van der Waals surface area contributed by atoms with Gasteiger partial charge in [0.05, 0.1) is 12.1 Å². The van der Waals surface area contributed by atoms with Gasteiger partial charge in [-0.2, -0.15) is 0 Å². The molecule has 0 fully saturated rings. The lowest BCUT2D eigenvalue weighted by Crippen LogP contribution is -2.31. The molecule has 20 heavy (non-hydrogen) atoms. The smallest absolute Gasteiger partial charge is 0.0515 e. The van der Waals surface area contributed by atoms with E-state index < -0.39 is 0 Å². The average Bonchev–Trinajstić information content (AvgIpc) is 2.47. The van der Waals surface area contributed by atoms with Gasteiger partial charge >= 0.3 is 0 Å². The predicted molar refractivity (Wildman–Crippen MR) is 91.9 cm³/mol. The molecule has 2 atom stereocenters. The van der Waals surface area contributed by atoms with Crippen molar-refractivity contribution in [3.8, 4) is 0 Å². The molecular weight excluding hydrogens is 380 g/mol. The lowest BCUT2D eigenvalue weighted by atomic mass is 9.93. The molecule has 106 valence electrons. The first-order valence-corrected chi connectivity index (χ1v) is 8.09. The number of hydrogen-bond acceptors (Lipinski definition) is 2. The molecule has 0 spiro atoms. The van der Waals surface area contributed by atoms with Gasteiger partial charge in [0.2, 0.25) is 0 Å². The molecule has 0 aliphatic heterocycles. The average molecular weight is 398 g/mol. The first kappa shape index (κ1) is 15.7. The predicted octanol–water partition coefficient (Wildman–Crippen LogP) is 4.43. The Morgan fingerprint density at radius 2 is 0.950 bits per heavy atom. The molecule has 0 aliphatic rings. The van der Waals surface area contributed by atoms with Crippen LogP contribution in [0.2, 0.25) is 0 Å². The van der Waals surface area contributed by atoms with Crippen LogP contribution in [-0.4, -0.2) is 14.1 Å². The topological polar surface area (TPSA) is 24.1 Å². The molecule has 0 saturated heterocycles. The van der Waals surface area contributed by atoms with Gasteiger partial charge in [-0.25, -0.2) is 0 Å². The van der Waals surface area contributed by atoms with Crippen molar-refractivity contribution in [2.45, 2.75) is 12.1 Å². The van der Waals surface area contributed by atoms with E-state index in [1.807, 2.05) is 14.1 Å². The number of benzene rings is 2. The molecule has 2 aromatic carbocycles. The van der Waals surface area contributed by atoms with E-state index >= 15 is 0 Å². The molecule has 0 aromatic heterocycles. The van der Waals surface area contributed by atoms with E-state index in [9.17, 15) is 0 Å². The van der Waals surface area contributed by atoms with Gasteiger partial charge in [-0.3, -0.25) is 0 Å². The highest BCUT2D eigenvalue weighted by atomic mass is 79.9. The summed E-state index contributed by atoms with van der Waals surface area (Å²) in [5, 5.41) is 6.82. The normalized spacial score (nSPS) is 14.0. The van der Waals surface area contributed by atoms with Crippen LogP contribution in [0.25, 0.3) is 0 Å². The third-order valence-corrected chi connectivity index (χ3v) is 4.47. The van der Waals surface area contributed by atoms with Crippen LogP contribution in [0.15, 0.2) is 57.5 Å². The molecule has 4 heteroatoms. The van der Waals surface area contributed by atoms with E-state index in [2.05, 4.69) is 91.0 Å². The summed E-state index contributed by atoms with van der Waals surface area (Å²) in [6.45, 7) is 0. The number of halogens is 2. The Bertz CT molecular complexity index is 486. The van der Waals surface area contributed by atoms with E-state index in [1.165, 1.54) is 11.1 Å². The van der Waals surface area contributed by atoms with Crippen molar-refractivity contribution in [1.82, 2.24) is 10.6 Å². The van der Waals surface area contributed by atoms with Gasteiger partial charge < -0.3 is 10.6 Å². The maximum Gasteiger partial charge on any atom is 0.0515 e. The number of nitrogens with one attached hydrogen (secondary N) is 2. The Balaban J connectivity index is 2.32. The van der Waals surface area contributed by atoms with Gasteiger partial charge in [-0.1, -0.05) is 56.1 Å². The zero-order valence-corrected chi connectivity index (χ0v) is 14.7. The molecule has 0 radical (unpaired) electrons. The third kappa shape index (κ3) is 3.70. The molecule has 2 N–H and O–H groups in total. The number of hydrogen-bond donors (Lipinski definition) is 2. The molecule has 0 bridgehead atoms. The van der Waals surface area contributed by atoms with Gasteiger partial charge in [-0.05, 0) is 49.5 Å². The molecular formula is C16H18Br2N2. The monoisotopic (exact) mass is 396 g/mol. The fourth-order valence-corrected chi connectivity index (χ4v) is 2.92. The minimum Gasteiger partial charge on any atom is -0.311 e. The lowest BCUT2D eigenvalue weighted by Gasteiger charge is -2.27. The maximum atomic E-state index is 3.48. The van der Waals surface area contributed by atoms with Crippen molar-refractivity contribution in [3.05, 3.63) is 68.6 Å². The summed E-state index contributed by atoms with van der Waals surface area (Å²) in [4.78, 5) is 0. The van der Waals surface area contributed by atoms with Crippen LogP contribution in [0.4, 0.5) is 0 Å². The highest BCUT2D eigenvalue weighted by Crippen LogP contribution is 2.29. The van der Waals surface area contributed by atoms with Crippen molar-refractivity contribution >= 4 is 31.9 Å². The summed E-state index contributed by atoms with van der Waals surface area (Å²) in [5.41, 5.74) is 2.52. The van der Waals surface area contributed by atoms with Gasteiger partial charge in [-0.15, -0.1) is 0 Å². The zero-order chi connectivity index (χ0) is 14.5. The molecule has 2 nitrogen and oxygen atoms in total. The Labute approximate surface area is 137 Å². The Hall–Kier alpha value is -0.680. The number of rotatable bonds is 5. The van der Waals surface area contributed by atoms with E-state index in [0.717, 1.165) is 8.95 Å². The first-order chi connectivity index (χ1) is 9.65. The van der Waals surface area contributed by atoms with Crippen LogP contribution in [0.3, 0.4) is 0 Å². The summed E-state index contributed by atoms with van der Waals surface area (Å²) in [5.74, 6) is 0. The standard InChI is InChI=1S/C16H18Br2N2/c1-19-15(11-3-7-13(17)8-4-11)16(20-2)12-5-9-14(18)10-6-12/h3-10,15-16,19-20H,1-2H3/t15-,16-/m1/s1. The molecule has 2 rings (SSSR count). The second-order valence-corrected chi connectivity index (χ2v) is 6.47. The van der Waals surface area contributed by atoms with Crippen LogP contribution in [0, 0.1) is 0 Å². The summed E-state index contributed by atoms with van der Waals surface area (Å²) in [6, 6.07) is 17.3. The SMILES string of the molecule is CN[C@H](c1ccc(Br)cc1)[C@H](NC)c1ccc(Br)cc1. The van der Waals surface area contributed by atoms with Gasteiger partial charge in [0.1, 0.15) is 0 Å². The fraction of sp³-hybridized carbons (Fsp3) is 0.250. The van der Waals surface area contributed by atoms with Gasteiger partial charge in [0, 0.05) is 8.95 Å². The van der Waals surface area contributed by atoms with E-state index in [-0.39, 0.29) is 12.1 Å². The van der Waals surface area contributed by atoms with Crippen molar-refractivity contribution in [1.29, 1.82) is 0 Å². The largest absolute Gasteiger partial charge is 0.311 e. The van der Waals surface area contributed by atoms with Crippen molar-refractivity contribution in [3.63, 3.8) is 0 Å². The highest BCUT2D eigenvalue weighted by molar-refractivity contribution is 9.10. The molecule has 0 aliphatic carbocycles. The molecule has 0 amide bonds. The Kier molecular flexibility index (Phi) is 5.78. The summed E-state index contributed by atoms with van der Waals surface area (Å²) >= 11 is 6.96. The molecule has 0 heterocycles. The van der Waals surface area contributed by atoms with Gasteiger partial charge in [0.25, 0.3) is 0 Å². The second-order valence-electron chi connectivity index (χ2n) is 4.64. The Morgan fingerprint density at radius 3 is 1.20 bits per heavy atom. The van der Waals surface area contributed by atoms with Crippen LogP contribution in [0.5, 0.6) is 0 Å². The van der Waals surface area contributed by atoms with E-state index in [0.29, 0.717) is 0 Å². The van der Waals surface area contributed by atoms with E-state index in [1.54, 1.807) is 0 Å². The fourth-order valence-electron chi connectivity index (χ4n) is 2.39. The lowest BCUT2D eigenvalue weighted by molar-refractivity contribution is 0.432. The van der Waals surface area contributed by atoms with E-state index in [4.69, 9.17) is 0 Å². The van der Waals surface area contributed by atoms with Crippen LogP contribution < -0.4 is 10.6 Å². The molecule has 0 saturated carbocycles. The Morgan fingerprint density at radius 1 is 0.650 bits per heavy atom. The summed E-state index contributed by atoms with van der Waals surface area (Å²) < 4.78 is 2.20. The maximum absolute atomic E-state index is 3.48. The van der Waals surface area contributed by atoms with Crippen molar-refractivity contribution in [2.24, 2.45) is 0 Å². The minimum absolute atomic E-state index is 0.217. The van der Waals surface area contributed by atoms with Crippen molar-refractivity contribution in [2.75, 3.05) is 14.1 Å². The van der Waals surface area contributed by atoms with Crippen LogP contribution >= 0.6 is 31.9 Å². The minimum atomic E-state index is 0.217. The molecule has 2 aromatic rings. The molecule has 0 unspecified atom stereocenters. The van der Waals surface area contributed by atoms with Gasteiger partial charge in [0.15, 0.2) is 0 Å². The van der Waals surface area contributed by atoms with Crippen LogP contribution in [-0.2, 0) is 0 Å². The van der Waals surface area contributed by atoms with Crippen molar-refractivity contribution < 1.29 is 0 Å². The summed E-state index contributed by atoms with van der Waals surface area (Å²) in [6.07, 6.45) is 0. The van der Waals surface area contributed by atoms with Crippen LogP contribution in [0.1, 0.15) is 23.2 Å². The summed E-state index contributed by atoms with van der Waals surface area (Å²) in [7, 11) is 3.99. The zero-order valence-electron chi connectivity index (χ0n) is 11.5. The highest BCUT2D eigenvalue weighted by Gasteiger charge is 2.21. The number of likely N-dealkylation sites (N-methyl/N-ethyl adjacent to an activating group) is 2. The first-order valence-electron chi connectivity index (χ1n) is 6.51.